The highest BCUT2D eigenvalue weighted by Gasteiger charge is 2.22. The van der Waals surface area contributed by atoms with Crippen LogP contribution in [0.25, 0.3) is 0 Å². The zero-order chi connectivity index (χ0) is 16.0. The van der Waals surface area contributed by atoms with Crippen LogP contribution in [0.15, 0.2) is 21.7 Å². The molecule has 3 N–H and O–H groups in total. The largest absolute Gasteiger partial charge is 0.353 e. The van der Waals surface area contributed by atoms with Crippen LogP contribution in [0.3, 0.4) is 0 Å². The smallest absolute Gasteiger partial charge is 0.252 e. The first-order valence-corrected chi connectivity index (χ1v) is 9.15. The molecule has 2 atom stereocenters. The molecule has 0 aromatic carbocycles. The highest BCUT2D eigenvalue weighted by molar-refractivity contribution is 7.91. The lowest BCUT2D eigenvalue weighted by Crippen LogP contribution is -2.46. The second-order valence-electron chi connectivity index (χ2n) is 4.96. The first-order chi connectivity index (χ1) is 9.80. The van der Waals surface area contributed by atoms with Gasteiger partial charge >= 0.3 is 0 Å². The van der Waals surface area contributed by atoms with E-state index in [4.69, 9.17) is 5.73 Å². The Kier molecular flexibility index (Phi) is 6.79. The first-order valence-electron chi connectivity index (χ1n) is 6.83. The highest BCUT2D eigenvalue weighted by atomic mass is 32.2. The van der Waals surface area contributed by atoms with Crippen molar-refractivity contribution in [2.24, 2.45) is 11.7 Å². The molecule has 21 heavy (non-hydrogen) atoms. The second-order valence-corrected chi connectivity index (χ2v) is 8.18. The fourth-order valence-electron chi connectivity index (χ4n) is 1.65. The van der Waals surface area contributed by atoms with Gasteiger partial charge in [0.25, 0.3) is 10.0 Å². The fraction of sp³-hybridized carbons (Fsp3) is 0.615. The predicted molar refractivity (Wildman–Crippen MR) is 84.6 cm³/mol. The summed E-state index contributed by atoms with van der Waals surface area (Å²) < 4.78 is 25.8. The van der Waals surface area contributed by atoms with E-state index in [0.29, 0.717) is 4.21 Å². The third-order valence-corrected chi connectivity index (χ3v) is 6.68. The number of hydrogen-bond acceptors (Lipinski definition) is 5. The van der Waals surface area contributed by atoms with Gasteiger partial charge in [-0.05, 0) is 17.4 Å². The van der Waals surface area contributed by atoms with E-state index >= 15 is 0 Å². The molecular formula is C13H23N3O3S2. The Morgan fingerprint density at radius 3 is 2.71 bits per heavy atom. The lowest BCUT2D eigenvalue weighted by molar-refractivity contribution is -0.123. The summed E-state index contributed by atoms with van der Waals surface area (Å²) in [6.45, 7) is 4.33. The van der Waals surface area contributed by atoms with Gasteiger partial charge in [-0.1, -0.05) is 26.3 Å². The number of rotatable bonds is 8. The average Bonchev–Trinajstić information content (AvgIpc) is 3.00. The third-order valence-electron chi connectivity index (χ3n) is 3.45. The minimum absolute atomic E-state index is 0.0950. The molecule has 0 saturated heterocycles. The third kappa shape index (κ3) is 4.77. The molecule has 0 aliphatic rings. The lowest BCUT2D eigenvalue weighted by atomic mass is 9.99. The maximum Gasteiger partial charge on any atom is 0.252 e. The van der Waals surface area contributed by atoms with E-state index in [1.807, 2.05) is 13.8 Å². The van der Waals surface area contributed by atoms with Crippen molar-refractivity contribution in [2.75, 3.05) is 20.1 Å². The van der Waals surface area contributed by atoms with E-state index in [9.17, 15) is 13.2 Å². The summed E-state index contributed by atoms with van der Waals surface area (Å²) in [6, 6.07) is 2.70. The summed E-state index contributed by atoms with van der Waals surface area (Å²) in [7, 11) is -1.97. The number of likely N-dealkylation sites (N-methyl/N-ethyl adjacent to an activating group) is 1. The van der Waals surface area contributed by atoms with Gasteiger partial charge in [-0.2, -0.15) is 4.31 Å². The maximum absolute atomic E-state index is 12.2. The Morgan fingerprint density at radius 1 is 1.52 bits per heavy atom. The van der Waals surface area contributed by atoms with Gasteiger partial charge in [-0.3, -0.25) is 4.79 Å². The van der Waals surface area contributed by atoms with Crippen LogP contribution in [-0.4, -0.2) is 44.8 Å². The lowest BCUT2D eigenvalue weighted by Gasteiger charge is -2.20. The predicted octanol–water partition coefficient (Wildman–Crippen LogP) is 0.858. The zero-order valence-electron chi connectivity index (χ0n) is 12.6. The molecule has 1 heterocycles. The monoisotopic (exact) mass is 333 g/mol. The molecule has 1 rings (SSSR count). The van der Waals surface area contributed by atoms with Crippen LogP contribution in [-0.2, 0) is 14.8 Å². The minimum Gasteiger partial charge on any atom is -0.353 e. The molecule has 8 heteroatoms. The SMILES string of the molecule is CCC(C)C(N)C(=O)NCCN(C)S(=O)(=O)c1cccs1. The van der Waals surface area contributed by atoms with E-state index in [2.05, 4.69) is 5.32 Å². The molecule has 6 nitrogen and oxygen atoms in total. The summed E-state index contributed by atoms with van der Waals surface area (Å²) in [5.41, 5.74) is 5.81. The van der Waals surface area contributed by atoms with Crippen LogP contribution < -0.4 is 11.1 Å². The Morgan fingerprint density at radius 2 is 2.19 bits per heavy atom. The molecule has 120 valence electrons. The minimum atomic E-state index is -3.47. The molecule has 0 fully saturated rings. The molecule has 0 bridgehead atoms. The van der Waals surface area contributed by atoms with Gasteiger partial charge in [0.15, 0.2) is 0 Å². The summed E-state index contributed by atoms with van der Waals surface area (Å²) in [4.78, 5) is 11.8. The Bertz CT molecular complexity index is 543. The van der Waals surface area contributed by atoms with Crippen molar-refractivity contribution >= 4 is 27.3 Å². The molecule has 1 amide bonds. The van der Waals surface area contributed by atoms with E-state index in [-0.39, 0.29) is 24.9 Å². The van der Waals surface area contributed by atoms with Gasteiger partial charge in [0.05, 0.1) is 6.04 Å². The maximum atomic E-state index is 12.2. The fourth-order valence-corrected chi connectivity index (χ4v) is 4.02. The summed E-state index contributed by atoms with van der Waals surface area (Å²) >= 11 is 1.17. The van der Waals surface area contributed by atoms with Crippen molar-refractivity contribution in [2.45, 2.75) is 30.5 Å². The van der Waals surface area contributed by atoms with Gasteiger partial charge in [-0.25, -0.2) is 8.42 Å². The molecule has 0 spiro atoms. The van der Waals surface area contributed by atoms with E-state index < -0.39 is 16.1 Å². The standard InChI is InChI=1S/C13H23N3O3S2/c1-4-10(2)12(14)13(17)15-7-8-16(3)21(18,19)11-6-5-9-20-11/h5-6,9-10,12H,4,7-8,14H2,1-3H3,(H,15,17). The Labute approximate surface area is 130 Å². The van der Waals surface area contributed by atoms with Crippen molar-refractivity contribution in [3.05, 3.63) is 17.5 Å². The van der Waals surface area contributed by atoms with Crippen LogP contribution in [0.1, 0.15) is 20.3 Å². The molecular weight excluding hydrogens is 310 g/mol. The number of nitrogens with zero attached hydrogens (tertiary/aromatic N) is 1. The van der Waals surface area contributed by atoms with Gasteiger partial charge in [0.2, 0.25) is 5.91 Å². The zero-order valence-corrected chi connectivity index (χ0v) is 14.2. The number of nitrogens with two attached hydrogens (primary N) is 1. The highest BCUT2D eigenvalue weighted by Crippen LogP contribution is 2.19. The molecule has 0 aliphatic heterocycles. The summed E-state index contributed by atoms with van der Waals surface area (Å²) in [5, 5.41) is 4.40. The number of carbonyl (C=O) groups excluding carboxylic acids is 1. The molecule has 1 aromatic heterocycles. The number of carbonyl (C=O) groups is 1. The summed E-state index contributed by atoms with van der Waals surface area (Å²) in [5.74, 6) is -0.149. The van der Waals surface area contributed by atoms with Gasteiger partial charge < -0.3 is 11.1 Å². The summed E-state index contributed by atoms with van der Waals surface area (Å²) in [6.07, 6.45) is 0.821. The van der Waals surface area contributed by atoms with Crippen molar-refractivity contribution in [1.82, 2.24) is 9.62 Å². The number of nitrogens with one attached hydrogen (secondary N) is 1. The quantitative estimate of drug-likeness (QED) is 0.738. The number of thiophene rings is 1. The van der Waals surface area contributed by atoms with Crippen molar-refractivity contribution in [1.29, 1.82) is 0 Å². The van der Waals surface area contributed by atoms with E-state index in [1.54, 1.807) is 17.5 Å². The van der Waals surface area contributed by atoms with Crippen molar-refractivity contribution < 1.29 is 13.2 Å². The van der Waals surface area contributed by atoms with E-state index in [1.165, 1.54) is 22.7 Å². The van der Waals surface area contributed by atoms with Gasteiger partial charge in [-0.15, -0.1) is 11.3 Å². The molecule has 0 aliphatic carbocycles. The Hall–Kier alpha value is -0.960. The number of hydrogen-bond donors (Lipinski definition) is 2. The van der Waals surface area contributed by atoms with Gasteiger partial charge in [0.1, 0.15) is 4.21 Å². The van der Waals surface area contributed by atoms with Gasteiger partial charge in [0, 0.05) is 20.1 Å². The van der Waals surface area contributed by atoms with E-state index in [0.717, 1.165) is 6.42 Å². The Balaban J connectivity index is 2.47. The van der Waals surface area contributed by atoms with Crippen LogP contribution in [0.5, 0.6) is 0 Å². The van der Waals surface area contributed by atoms with Crippen LogP contribution >= 0.6 is 11.3 Å². The van der Waals surface area contributed by atoms with Crippen molar-refractivity contribution in [3.8, 4) is 0 Å². The molecule has 0 radical (unpaired) electrons. The van der Waals surface area contributed by atoms with Crippen LogP contribution in [0.4, 0.5) is 0 Å². The first kappa shape index (κ1) is 18.1. The second kappa shape index (κ2) is 7.88. The van der Waals surface area contributed by atoms with Crippen molar-refractivity contribution in [3.63, 3.8) is 0 Å². The average molecular weight is 333 g/mol. The number of sulfonamides is 1. The number of amides is 1. The molecule has 2 unspecified atom stereocenters. The molecule has 0 saturated carbocycles. The van der Waals surface area contributed by atoms with Crippen LogP contribution in [0, 0.1) is 5.92 Å². The molecule has 1 aromatic rings. The van der Waals surface area contributed by atoms with Crippen LogP contribution in [0.2, 0.25) is 0 Å². The topological polar surface area (TPSA) is 92.5 Å². The normalized spacial score (nSPS) is 14.9.